The molecule has 0 amide bonds. The Morgan fingerprint density at radius 2 is 1.92 bits per heavy atom. The Morgan fingerprint density at radius 3 is 2.60 bits per heavy atom. The Balaban J connectivity index is 1.90. The van der Waals surface area contributed by atoms with E-state index < -0.39 is 6.10 Å². The number of anilines is 1. The third kappa shape index (κ3) is 3.08. The van der Waals surface area contributed by atoms with Crippen molar-refractivity contribution < 1.29 is 14.6 Å². The van der Waals surface area contributed by atoms with Gasteiger partial charge in [0.2, 0.25) is 0 Å². The van der Waals surface area contributed by atoms with E-state index in [2.05, 4.69) is 15.3 Å². The molecule has 0 spiro atoms. The Hall–Kier alpha value is -2.86. The fourth-order valence-electron chi connectivity index (χ4n) is 2.91. The van der Waals surface area contributed by atoms with E-state index in [4.69, 9.17) is 9.47 Å². The maximum absolute atomic E-state index is 9.57. The lowest BCUT2D eigenvalue weighted by Gasteiger charge is -2.21. The number of fused-ring (bicyclic) bond motifs is 2. The topological polar surface area (TPSA) is 76.5 Å². The molecule has 1 aliphatic rings. The quantitative estimate of drug-likeness (QED) is 0.762. The van der Waals surface area contributed by atoms with E-state index in [9.17, 15) is 5.11 Å². The summed E-state index contributed by atoms with van der Waals surface area (Å²) in [5.74, 6) is 2.15. The van der Waals surface area contributed by atoms with Crippen LogP contribution in [-0.2, 0) is 0 Å². The van der Waals surface area contributed by atoms with Crippen molar-refractivity contribution in [1.29, 1.82) is 0 Å². The summed E-state index contributed by atoms with van der Waals surface area (Å²) in [6.45, 7) is 3.23. The van der Waals surface area contributed by atoms with E-state index >= 15 is 0 Å². The van der Waals surface area contributed by atoms with Gasteiger partial charge < -0.3 is 19.9 Å². The summed E-state index contributed by atoms with van der Waals surface area (Å²) in [6.07, 6.45) is 4.92. The molecule has 2 N–H and O–H groups in total. The van der Waals surface area contributed by atoms with Gasteiger partial charge in [-0.3, -0.25) is 4.98 Å². The Kier molecular flexibility index (Phi) is 4.11. The van der Waals surface area contributed by atoms with Gasteiger partial charge in [-0.05, 0) is 30.5 Å². The van der Waals surface area contributed by atoms with Crippen molar-refractivity contribution in [3.63, 3.8) is 0 Å². The third-order valence-corrected chi connectivity index (χ3v) is 4.09. The van der Waals surface area contributed by atoms with Gasteiger partial charge in [0.25, 0.3) is 0 Å². The summed E-state index contributed by atoms with van der Waals surface area (Å²) in [7, 11) is 0. The van der Waals surface area contributed by atoms with Crippen molar-refractivity contribution in [3.8, 4) is 22.6 Å². The molecule has 0 bridgehead atoms. The fourth-order valence-corrected chi connectivity index (χ4v) is 2.91. The lowest BCUT2D eigenvalue weighted by molar-refractivity contribution is 0.172. The van der Waals surface area contributed by atoms with Crippen LogP contribution in [0.2, 0.25) is 0 Å². The zero-order valence-electron chi connectivity index (χ0n) is 13.9. The van der Waals surface area contributed by atoms with Gasteiger partial charge in [0, 0.05) is 41.6 Å². The summed E-state index contributed by atoms with van der Waals surface area (Å²) in [6, 6.07) is 7.84. The van der Waals surface area contributed by atoms with Crippen molar-refractivity contribution in [2.45, 2.75) is 13.0 Å². The Morgan fingerprint density at radius 1 is 1.16 bits per heavy atom. The van der Waals surface area contributed by atoms with E-state index in [1.54, 1.807) is 13.1 Å². The minimum atomic E-state index is -0.466. The predicted molar refractivity (Wildman–Crippen MR) is 96.1 cm³/mol. The second-order valence-corrected chi connectivity index (χ2v) is 6.03. The summed E-state index contributed by atoms with van der Waals surface area (Å²) in [5, 5.41) is 14.7. The van der Waals surface area contributed by atoms with Gasteiger partial charge in [0.05, 0.1) is 6.10 Å². The number of aromatic nitrogens is 2. The Labute approximate surface area is 145 Å². The number of aliphatic hydroxyl groups is 1. The van der Waals surface area contributed by atoms with Gasteiger partial charge in [-0.2, -0.15) is 0 Å². The first-order valence-electron chi connectivity index (χ1n) is 8.27. The highest BCUT2D eigenvalue weighted by molar-refractivity contribution is 6.03. The minimum Gasteiger partial charge on any atom is -0.486 e. The molecule has 6 nitrogen and oxygen atoms in total. The third-order valence-electron chi connectivity index (χ3n) is 4.09. The molecule has 0 saturated carbocycles. The highest BCUT2D eigenvalue weighted by atomic mass is 16.6. The van der Waals surface area contributed by atoms with Crippen molar-refractivity contribution in [2.24, 2.45) is 0 Å². The number of ether oxygens (including phenoxy) is 2. The standard InChI is InChI=1S/C19H19N3O3/c1-12(23)9-21-19-15-8-18-17(24-5-6-25-18)7-14(15)16(11-22-19)13-3-2-4-20-10-13/h2-4,7-8,10-12,23H,5-6,9H2,1H3,(H,21,22). The van der Waals surface area contributed by atoms with Crippen LogP contribution < -0.4 is 14.8 Å². The molecule has 6 heteroatoms. The lowest BCUT2D eigenvalue weighted by atomic mass is 10.0. The number of rotatable bonds is 4. The number of hydrogen-bond acceptors (Lipinski definition) is 6. The van der Waals surface area contributed by atoms with Gasteiger partial charge in [0.1, 0.15) is 19.0 Å². The molecular formula is C19H19N3O3. The number of pyridine rings is 2. The summed E-state index contributed by atoms with van der Waals surface area (Å²) >= 11 is 0. The molecule has 3 aromatic rings. The normalized spacial score (nSPS) is 14.3. The fraction of sp³-hybridized carbons (Fsp3) is 0.263. The van der Waals surface area contributed by atoms with Gasteiger partial charge in [-0.1, -0.05) is 6.07 Å². The maximum atomic E-state index is 9.57. The Bertz CT molecular complexity index is 897. The van der Waals surface area contributed by atoms with E-state index in [1.807, 2.05) is 36.7 Å². The zero-order valence-corrected chi connectivity index (χ0v) is 13.9. The molecular weight excluding hydrogens is 318 g/mol. The average Bonchev–Trinajstić information content (AvgIpc) is 2.65. The summed E-state index contributed by atoms with van der Waals surface area (Å²) < 4.78 is 11.5. The number of benzene rings is 1. The maximum Gasteiger partial charge on any atom is 0.162 e. The largest absolute Gasteiger partial charge is 0.486 e. The second-order valence-electron chi connectivity index (χ2n) is 6.03. The van der Waals surface area contributed by atoms with Crippen LogP contribution in [0.5, 0.6) is 11.5 Å². The molecule has 1 aromatic carbocycles. The number of aliphatic hydroxyl groups excluding tert-OH is 1. The molecule has 1 atom stereocenters. The summed E-state index contributed by atoms with van der Waals surface area (Å²) in [4.78, 5) is 8.76. The molecule has 0 aliphatic carbocycles. The first kappa shape index (κ1) is 15.7. The van der Waals surface area contributed by atoms with E-state index in [-0.39, 0.29) is 0 Å². The van der Waals surface area contributed by atoms with Gasteiger partial charge in [-0.15, -0.1) is 0 Å². The highest BCUT2D eigenvalue weighted by Crippen LogP contribution is 2.40. The highest BCUT2D eigenvalue weighted by Gasteiger charge is 2.17. The number of nitrogens with one attached hydrogen (secondary N) is 1. The van der Waals surface area contributed by atoms with Crippen LogP contribution in [0.3, 0.4) is 0 Å². The van der Waals surface area contributed by atoms with E-state index in [0.29, 0.717) is 31.3 Å². The van der Waals surface area contributed by atoms with Gasteiger partial charge in [0.15, 0.2) is 11.5 Å². The van der Waals surface area contributed by atoms with Crippen LogP contribution in [0.1, 0.15) is 6.92 Å². The average molecular weight is 337 g/mol. The molecule has 4 rings (SSSR count). The monoisotopic (exact) mass is 337 g/mol. The molecule has 0 saturated heterocycles. The van der Waals surface area contributed by atoms with Crippen molar-refractivity contribution in [1.82, 2.24) is 9.97 Å². The van der Waals surface area contributed by atoms with Crippen molar-refractivity contribution >= 4 is 16.6 Å². The van der Waals surface area contributed by atoms with Crippen LogP contribution in [0.25, 0.3) is 21.9 Å². The summed E-state index contributed by atoms with van der Waals surface area (Å²) in [5.41, 5.74) is 1.96. The number of nitrogens with zero attached hydrogens (tertiary/aromatic N) is 2. The molecule has 128 valence electrons. The first-order valence-corrected chi connectivity index (χ1v) is 8.27. The zero-order chi connectivity index (χ0) is 17.2. The van der Waals surface area contributed by atoms with Crippen LogP contribution >= 0.6 is 0 Å². The van der Waals surface area contributed by atoms with E-state index in [0.717, 1.165) is 27.6 Å². The van der Waals surface area contributed by atoms with Gasteiger partial charge in [-0.25, -0.2) is 4.98 Å². The van der Waals surface area contributed by atoms with Crippen molar-refractivity contribution in [2.75, 3.05) is 25.1 Å². The molecule has 1 unspecified atom stereocenters. The number of hydrogen-bond donors (Lipinski definition) is 2. The predicted octanol–water partition coefficient (Wildman–Crippen LogP) is 2.86. The molecule has 0 radical (unpaired) electrons. The van der Waals surface area contributed by atoms with Crippen molar-refractivity contribution in [3.05, 3.63) is 42.9 Å². The van der Waals surface area contributed by atoms with Crippen LogP contribution in [0, 0.1) is 0 Å². The molecule has 0 fully saturated rings. The lowest BCUT2D eigenvalue weighted by Crippen LogP contribution is -2.17. The first-order chi connectivity index (χ1) is 12.2. The van der Waals surface area contributed by atoms with Crippen LogP contribution in [0.15, 0.2) is 42.9 Å². The molecule has 3 heterocycles. The minimum absolute atomic E-state index is 0.419. The molecule has 25 heavy (non-hydrogen) atoms. The SMILES string of the molecule is CC(O)CNc1ncc(-c2cccnc2)c2cc3c(cc12)OCCO3. The molecule has 2 aromatic heterocycles. The van der Waals surface area contributed by atoms with Crippen LogP contribution in [0.4, 0.5) is 5.82 Å². The van der Waals surface area contributed by atoms with Gasteiger partial charge >= 0.3 is 0 Å². The smallest absolute Gasteiger partial charge is 0.162 e. The van der Waals surface area contributed by atoms with Crippen LogP contribution in [-0.4, -0.2) is 40.9 Å². The second kappa shape index (κ2) is 6.57. The van der Waals surface area contributed by atoms with E-state index in [1.165, 1.54) is 0 Å². The molecule has 1 aliphatic heterocycles.